The molecule has 1 aliphatic heterocycles. The second-order valence-electron chi connectivity index (χ2n) is 5.95. The molecule has 114 valence electrons. The fourth-order valence-corrected chi connectivity index (χ4v) is 4.68. The lowest BCUT2D eigenvalue weighted by molar-refractivity contribution is 0.301. The van der Waals surface area contributed by atoms with Crippen LogP contribution in [0.25, 0.3) is 0 Å². The molecular weight excluding hydrogens is 284 g/mol. The summed E-state index contributed by atoms with van der Waals surface area (Å²) in [6.07, 6.45) is 7.24. The maximum atomic E-state index is 12.1. The van der Waals surface area contributed by atoms with Gasteiger partial charge in [0.05, 0.1) is 10.9 Å². The van der Waals surface area contributed by atoms with Gasteiger partial charge in [0.1, 0.15) is 5.84 Å². The van der Waals surface area contributed by atoms with Gasteiger partial charge in [0, 0.05) is 5.56 Å². The molecule has 0 bridgehead atoms. The predicted molar refractivity (Wildman–Crippen MR) is 84.0 cm³/mol. The Kier molecular flexibility index (Phi) is 4.02. The van der Waals surface area contributed by atoms with Crippen molar-refractivity contribution < 1.29 is 8.42 Å². The van der Waals surface area contributed by atoms with Crippen molar-refractivity contribution in [3.05, 3.63) is 29.8 Å². The van der Waals surface area contributed by atoms with Gasteiger partial charge in [-0.05, 0) is 37.3 Å². The molecule has 5 heteroatoms. The van der Waals surface area contributed by atoms with Gasteiger partial charge in [0.25, 0.3) is 10.0 Å². The van der Waals surface area contributed by atoms with Crippen LogP contribution in [0.3, 0.4) is 0 Å². The third-order valence-electron chi connectivity index (χ3n) is 4.57. The van der Waals surface area contributed by atoms with Gasteiger partial charge in [-0.3, -0.25) is 9.71 Å². The largest absolute Gasteiger partial charge is 0.264 e. The van der Waals surface area contributed by atoms with E-state index in [9.17, 15) is 8.42 Å². The van der Waals surface area contributed by atoms with Gasteiger partial charge < -0.3 is 0 Å². The summed E-state index contributed by atoms with van der Waals surface area (Å²) in [7, 11) is -3.42. The van der Waals surface area contributed by atoms with Crippen LogP contribution in [0.15, 0.2) is 34.2 Å². The highest BCUT2D eigenvalue weighted by atomic mass is 32.2. The summed E-state index contributed by atoms with van der Waals surface area (Å²) in [5, 5.41) is 0. The lowest BCUT2D eigenvalue weighted by Crippen LogP contribution is -2.27. The van der Waals surface area contributed by atoms with Crippen LogP contribution < -0.4 is 4.72 Å². The van der Waals surface area contributed by atoms with E-state index in [4.69, 9.17) is 4.99 Å². The van der Waals surface area contributed by atoms with Gasteiger partial charge in [-0.25, -0.2) is 8.42 Å². The minimum absolute atomic E-state index is 0.217. The molecule has 0 spiro atoms. The number of sulfonamides is 1. The number of nitrogens with zero attached hydrogens (tertiary/aromatic N) is 1. The number of hydrogen-bond donors (Lipinski definition) is 1. The number of rotatable bonds is 3. The minimum atomic E-state index is -3.42. The molecule has 1 unspecified atom stereocenters. The highest BCUT2D eigenvalue weighted by molar-refractivity contribution is 7.90. The third kappa shape index (κ3) is 2.84. The molecule has 2 aliphatic rings. The quantitative estimate of drug-likeness (QED) is 0.933. The Morgan fingerprint density at radius 2 is 1.95 bits per heavy atom. The Bertz CT molecular complexity index is 646. The number of amidine groups is 1. The van der Waals surface area contributed by atoms with Gasteiger partial charge in [-0.15, -0.1) is 0 Å². The Labute approximate surface area is 126 Å². The Hall–Kier alpha value is -1.36. The summed E-state index contributed by atoms with van der Waals surface area (Å²) in [4.78, 5) is 5.13. The van der Waals surface area contributed by atoms with Crippen LogP contribution in [-0.2, 0) is 10.0 Å². The van der Waals surface area contributed by atoms with E-state index in [1.165, 1.54) is 32.1 Å². The molecule has 3 rings (SSSR count). The van der Waals surface area contributed by atoms with Crippen molar-refractivity contribution in [3.63, 3.8) is 0 Å². The average molecular weight is 306 g/mol. The summed E-state index contributed by atoms with van der Waals surface area (Å²) < 4.78 is 26.9. The van der Waals surface area contributed by atoms with Crippen LogP contribution in [0.1, 0.15) is 51.0 Å². The van der Waals surface area contributed by atoms with Crippen LogP contribution in [-0.4, -0.2) is 20.3 Å². The van der Waals surface area contributed by atoms with Gasteiger partial charge in [-0.2, -0.15) is 0 Å². The zero-order valence-corrected chi connectivity index (χ0v) is 13.2. The standard InChI is InChI=1S/C16H22N2O2S/c1-2-14(12-8-4-3-5-9-12)17-16-13-10-6-7-11-15(13)21(19,20)18-16/h6-7,10-12,14H,2-5,8-9H2,1H3,(H,17,18). The van der Waals surface area contributed by atoms with Crippen molar-refractivity contribution in [2.45, 2.75) is 56.4 Å². The van der Waals surface area contributed by atoms with Crippen LogP contribution in [0.5, 0.6) is 0 Å². The molecule has 1 aliphatic carbocycles. The minimum Gasteiger partial charge on any atom is -0.264 e. The second kappa shape index (κ2) is 5.79. The molecule has 4 nitrogen and oxygen atoms in total. The number of hydrogen-bond acceptors (Lipinski definition) is 3. The summed E-state index contributed by atoms with van der Waals surface area (Å²) in [6, 6.07) is 7.30. The van der Waals surface area contributed by atoms with Crippen LogP contribution in [0, 0.1) is 5.92 Å². The van der Waals surface area contributed by atoms with E-state index in [2.05, 4.69) is 11.6 Å². The third-order valence-corrected chi connectivity index (χ3v) is 5.97. The summed E-state index contributed by atoms with van der Waals surface area (Å²) >= 11 is 0. The molecule has 0 amide bonds. The SMILES string of the molecule is CCC(N=C1NS(=O)(=O)c2ccccc21)C1CCCCC1. The number of nitrogens with one attached hydrogen (secondary N) is 1. The van der Waals surface area contributed by atoms with Crippen LogP contribution in [0.2, 0.25) is 0 Å². The molecule has 0 saturated heterocycles. The molecule has 1 heterocycles. The van der Waals surface area contributed by atoms with Crippen molar-refractivity contribution in [2.75, 3.05) is 0 Å². The Morgan fingerprint density at radius 3 is 2.67 bits per heavy atom. The lowest BCUT2D eigenvalue weighted by atomic mass is 9.83. The molecule has 1 aromatic carbocycles. The van der Waals surface area contributed by atoms with Gasteiger partial charge in [0.2, 0.25) is 0 Å². The average Bonchev–Trinajstić information content (AvgIpc) is 2.77. The topological polar surface area (TPSA) is 58.5 Å². The van der Waals surface area contributed by atoms with E-state index in [0.29, 0.717) is 22.2 Å². The van der Waals surface area contributed by atoms with E-state index in [1.54, 1.807) is 12.1 Å². The maximum absolute atomic E-state index is 12.1. The molecule has 1 fully saturated rings. The first-order chi connectivity index (χ1) is 10.1. The fourth-order valence-electron chi connectivity index (χ4n) is 3.44. The van der Waals surface area contributed by atoms with Crippen molar-refractivity contribution >= 4 is 15.9 Å². The highest BCUT2D eigenvalue weighted by Gasteiger charge is 2.31. The Balaban J connectivity index is 1.92. The van der Waals surface area contributed by atoms with Crippen LogP contribution >= 0.6 is 0 Å². The van der Waals surface area contributed by atoms with Gasteiger partial charge in [0.15, 0.2) is 0 Å². The van der Waals surface area contributed by atoms with Gasteiger partial charge in [-0.1, -0.05) is 38.3 Å². The van der Waals surface area contributed by atoms with Crippen LogP contribution in [0.4, 0.5) is 0 Å². The molecule has 0 aromatic heterocycles. The molecular formula is C16H22N2O2S. The normalized spacial score (nSPS) is 24.5. The molecule has 1 aromatic rings. The highest BCUT2D eigenvalue weighted by Crippen LogP contribution is 2.31. The van der Waals surface area contributed by atoms with E-state index in [0.717, 1.165) is 6.42 Å². The summed E-state index contributed by atoms with van der Waals surface area (Å²) in [6.45, 7) is 2.14. The van der Waals surface area contributed by atoms with Crippen molar-refractivity contribution in [1.82, 2.24) is 4.72 Å². The Morgan fingerprint density at radius 1 is 1.24 bits per heavy atom. The van der Waals surface area contributed by atoms with E-state index in [-0.39, 0.29) is 6.04 Å². The zero-order valence-electron chi connectivity index (χ0n) is 12.4. The number of benzene rings is 1. The second-order valence-corrected chi connectivity index (χ2v) is 7.60. The van der Waals surface area contributed by atoms with E-state index >= 15 is 0 Å². The first kappa shape index (κ1) is 14.6. The predicted octanol–water partition coefficient (Wildman–Crippen LogP) is 3.08. The van der Waals surface area contributed by atoms with Crippen molar-refractivity contribution in [2.24, 2.45) is 10.9 Å². The lowest BCUT2D eigenvalue weighted by Gasteiger charge is -2.27. The number of fused-ring (bicyclic) bond motifs is 1. The summed E-state index contributed by atoms with van der Waals surface area (Å²) in [5.41, 5.74) is 0.715. The first-order valence-corrected chi connectivity index (χ1v) is 9.30. The van der Waals surface area contributed by atoms with Gasteiger partial charge >= 0.3 is 0 Å². The zero-order chi connectivity index (χ0) is 14.9. The van der Waals surface area contributed by atoms with E-state index in [1.807, 2.05) is 12.1 Å². The summed E-state index contributed by atoms with van der Waals surface area (Å²) in [5.74, 6) is 1.12. The first-order valence-electron chi connectivity index (χ1n) is 7.82. The molecule has 21 heavy (non-hydrogen) atoms. The number of aliphatic imine (C=N–C) groups is 1. The smallest absolute Gasteiger partial charge is 0.263 e. The molecule has 1 N–H and O–H groups in total. The molecule has 1 saturated carbocycles. The fraction of sp³-hybridized carbons (Fsp3) is 0.562. The van der Waals surface area contributed by atoms with Crippen molar-refractivity contribution in [1.29, 1.82) is 0 Å². The van der Waals surface area contributed by atoms with Crippen molar-refractivity contribution in [3.8, 4) is 0 Å². The maximum Gasteiger partial charge on any atom is 0.263 e. The molecule has 0 radical (unpaired) electrons. The van der Waals surface area contributed by atoms with E-state index < -0.39 is 10.0 Å². The monoisotopic (exact) mass is 306 g/mol. The molecule has 1 atom stereocenters.